The van der Waals surface area contributed by atoms with Gasteiger partial charge in [-0.15, -0.1) is 5.10 Å². The normalized spacial score (nSPS) is 11.7. The summed E-state index contributed by atoms with van der Waals surface area (Å²) in [5.74, 6) is 0.0663. The van der Waals surface area contributed by atoms with Crippen molar-refractivity contribution in [3.63, 3.8) is 0 Å². The maximum absolute atomic E-state index is 12.8. The third-order valence-electron chi connectivity index (χ3n) is 4.01. The highest BCUT2D eigenvalue weighted by molar-refractivity contribution is 9.10. The van der Waals surface area contributed by atoms with E-state index >= 15 is 0 Å². The van der Waals surface area contributed by atoms with Gasteiger partial charge in [-0.1, -0.05) is 39.4 Å². The van der Waals surface area contributed by atoms with Gasteiger partial charge in [0, 0.05) is 34.7 Å². The van der Waals surface area contributed by atoms with Gasteiger partial charge in [0.1, 0.15) is 5.75 Å². The summed E-state index contributed by atoms with van der Waals surface area (Å²) in [7, 11) is 0. The zero-order valence-corrected chi connectivity index (χ0v) is 17.6. The number of halogens is 1. The number of nitro groups is 1. The Morgan fingerprint density at radius 2 is 2.10 bits per heavy atom. The molecule has 0 atom stereocenters. The Morgan fingerprint density at radius 1 is 1.30 bits per heavy atom. The Balaban J connectivity index is 1.80. The highest BCUT2D eigenvalue weighted by atomic mass is 79.9. The number of hydrogen-bond donors (Lipinski definition) is 0. The van der Waals surface area contributed by atoms with Crippen LogP contribution < -0.4 is 14.8 Å². The van der Waals surface area contributed by atoms with Gasteiger partial charge < -0.3 is 4.74 Å². The second-order valence-corrected chi connectivity index (χ2v) is 8.05. The fraction of sp³-hybridized carbons (Fsp3) is 0.0526. The van der Waals surface area contributed by atoms with Crippen molar-refractivity contribution in [2.24, 2.45) is 0 Å². The minimum Gasteiger partial charge on any atom is -0.426 e. The molecule has 0 aliphatic carbocycles. The number of carbonyl (C=O) groups excluding carboxylic acids is 1. The minimum absolute atomic E-state index is 0.0883. The van der Waals surface area contributed by atoms with Crippen LogP contribution in [0.25, 0.3) is 22.4 Å². The predicted molar refractivity (Wildman–Crippen MR) is 113 cm³/mol. The molecule has 0 saturated heterocycles. The van der Waals surface area contributed by atoms with Gasteiger partial charge in [-0.25, -0.2) is 0 Å². The second-order valence-electron chi connectivity index (χ2n) is 6.13. The van der Waals surface area contributed by atoms with Crippen molar-refractivity contribution in [3.05, 3.63) is 77.5 Å². The number of aromatic nitrogens is 3. The third-order valence-corrected chi connectivity index (χ3v) is 5.46. The maximum Gasteiger partial charge on any atom is 0.308 e. The lowest BCUT2D eigenvalue weighted by Crippen LogP contribution is -2.23. The summed E-state index contributed by atoms with van der Waals surface area (Å²) in [6.07, 6.45) is 1.60. The summed E-state index contributed by atoms with van der Waals surface area (Å²) < 4.78 is 7.44. The molecule has 2 aromatic carbocycles. The van der Waals surface area contributed by atoms with Crippen LogP contribution in [0.15, 0.2) is 51.7 Å². The van der Waals surface area contributed by atoms with Crippen LogP contribution in [-0.2, 0) is 4.79 Å². The number of carbonyl (C=O) groups is 1. The average molecular weight is 487 g/mol. The Hall–Kier alpha value is -3.44. The van der Waals surface area contributed by atoms with Gasteiger partial charge in [-0.2, -0.15) is 9.50 Å². The molecule has 30 heavy (non-hydrogen) atoms. The van der Waals surface area contributed by atoms with Gasteiger partial charge >= 0.3 is 5.97 Å². The van der Waals surface area contributed by atoms with E-state index in [9.17, 15) is 19.7 Å². The molecule has 0 N–H and O–H groups in total. The molecule has 0 bridgehead atoms. The number of non-ortho nitro benzene ring substituents is 1. The number of ether oxygens (including phenoxy) is 1. The number of nitrogens with zero attached hydrogens (tertiary/aromatic N) is 4. The molecule has 0 spiro atoms. The monoisotopic (exact) mass is 486 g/mol. The fourth-order valence-electron chi connectivity index (χ4n) is 2.74. The number of esters is 1. The van der Waals surface area contributed by atoms with Crippen LogP contribution in [0.3, 0.4) is 0 Å². The van der Waals surface area contributed by atoms with E-state index in [1.54, 1.807) is 30.3 Å². The van der Waals surface area contributed by atoms with E-state index in [0.29, 0.717) is 26.4 Å². The van der Waals surface area contributed by atoms with Crippen LogP contribution in [0, 0.1) is 10.1 Å². The molecule has 2 aromatic heterocycles. The molecule has 11 heteroatoms. The first-order valence-electron chi connectivity index (χ1n) is 8.46. The number of nitro benzene ring substituents is 1. The smallest absolute Gasteiger partial charge is 0.308 e. The first kappa shape index (κ1) is 19.9. The van der Waals surface area contributed by atoms with Crippen molar-refractivity contribution in [2.45, 2.75) is 6.92 Å². The van der Waals surface area contributed by atoms with E-state index in [0.717, 1.165) is 20.3 Å². The molecule has 0 saturated carbocycles. The SMILES string of the molecule is CC(=O)Oc1ccc(Br)cc1C=c1sc2nc(-c3cccc([N+](=O)[O-])c3)nn2c1=O. The molecular weight excluding hydrogens is 476 g/mol. The van der Waals surface area contributed by atoms with Crippen molar-refractivity contribution in [1.29, 1.82) is 0 Å². The van der Waals surface area contributed by atoms with Crippen LogP contribution in [-0.4, -0.2) is 25.5 Å². The van der Waals surface area contributed by atoms with Gasteiger partial charge in [0.25, 0.3) is 11.2 Å². The first-order valence-corrected chi connectivity index (χ1v) is 10.1. The van der Waals surface area contributed by atoms with E-state index in [1.165, 1.54) is 25.1 Å². The minimum atomic E-state index is -0.507. The summed E-state index contributed by atoms with van der Waals surface area (Å²) in [5.41, 5.74) is 0.497. The lowest BCUT2D eigenvalue weighted by atomic mass is 10.2. The number of hydrogen-bond acceptors (Lipinski definition) is 8. The van der Waals surface area contributed by atoms with Gasteiger partial charge in [0.2, 0.25) is 4.96 Å². The lowest BCUT2D eigenvalue weighted by molar-refractivity contribution is -0.384. The Labute approximate surface area is 180 Å². The Morgan fingerprint density at radius 3 is 2.80 bits per heavy atom. The highest BCUT2D eigenvalue weighted by Gasteiger charge is 2.15. The molecule has 0 fully saturated rings. The van der Waals surface area contributed by atoms with Gasteiger partial charge in [0.05, 0.1) is 9.46 Å². The van der Waals surface area contributed by atoms with Gasteiger partial charge in [-0.05, 0) is 24.3 Å². The van der Waals surface area contributed by atoms with E-state index in [4.69, 9.17) is 4.74 Å². The molecule has 0 radical (unpaired) electrons. The van der Waals surface area contributed by atoms with Crippen molar-refractivity contribution < 1.29 is 14.5 Å². The van der Waals surface area contributed by atoms with Crippen LogP contribution in [0.1, 0.15) is 12.5 Å². The number of rotatable bonds is 4. The summed E-state index contributed by atoms with van der Waals surface area (Å²) in [6.45, 7) is 1.30. The molecule has 150 valence electrons. The zero-order chi connectivity index (χ0) is 21.4. The predicted octanol–water partition coefficient (Wildman–Crippen LogP) is 2.96. The molecule has 0 aliphatic rings. The Kier molecular flexibility index (Phi) is 5.14. The van der Waals surface area contributed by atoms with Crippen molar-refractivity contribution in [3.8, 4) is 17.1 Å². The Bertz CT molecular complexity index is 1430. The molecule has 0 amide bonds. The number of fused-ring (bicyclic) bond motifs is 1. The van der Waals surface area contributed by atoms with Gasteiger partial charge in [0.15, 0.2) is 5.82 Å². The topological polar surface area (TPSA) is 117 Å². The highest BCUT2D eigenvalue weighted by Crippen LogP contribution is 2.25. The standard InChI is InChI=1S/C19H11BrN4O5S/c1-10(25)29-15-6-5-13(20)7-12(15)9-16-18(26)23-19(30-16)21-17(22-23)11-3-2-4-14(8-11)24(27)28/h2-9H,1H3. The van der Waals surface area contributed by atoms with Gasteiger partial charge in [-0.3, -0.25) is 19.7 Å². The number of benzene rings is 2. The molecule has 4 aromatic rings. The van der Waals surface area contributed by atoms with E-state index in [-0.39, 0.29) is 11.5 Å². The molecule has 9 nitrogen and oxygen atoms in total. The molecular formula is C19H11BrN4O5S. The van der Waals surface area contributed by atoms with Crippen molar-refractivity contribution in [2.75, 3.05) is 0 Å². The average Bonchev–Trinajstić information content (AvgIpc) is 3.23. The van der Waals surface area contributed by atoms with Crippen molar-refractivity contribution >= 4 is 50.0 Å². The summed E-state index contributed by atoms with van der Waals surface area (Å²) in [4.78, 5) is 39.3. The van der Waals surface area contributed by atoms with E-state index in [1.807, 2.05) is 0 Å². The van der Waals surface area contributed by atoms with E-state index < -0.39 is 16.5 Å². The molecule has 0 unspecified atom stereocenters. The van der Waals surface area contributed by atoms with Crippen LogP contribution in [0.2, 0.25) is 0 Å². The molecule has 4 rings (SSSR count). The van der Waals surface area contributed by atoms with Crippen LogP contribution in [0.4, 0.5) is 5.69 Å². The van der Waals surface area contributed by atoms with E-state index in [2.05, 4.69) is 26.0 Å². The number of thiazole rings is 1. The summed E-state index contributed by atoms with van der Waals surface area (Å²) >= 11 is 4.47. The van der Waals surface area contributed by atoms with Crippen LogP contribution >= 0.6 is 27.3 Å². The lowest BCUT2D eigenvalue weighted by Gasteiger charge is -2.05. The largest absolute Gasteiger partial charge is 0.426 e. The molecule has 0 aliphatic heterocycles. The summed E-state index contributed by atoms with van der Waals surface area (Å²) in [6, 6.07) is 11.0. The zero-order valence-electron chi connectivity index (χ0n) is 15.2. The maximum atomic E-state index is 12.8. The van der Waals surface area contributed by atoms with Crippen molar-refractivity contribution in [1.82, 2.24) is 14.6 Å². The summed E-state index contributed by atoms with van der Waals surface area (Å²) in [5, 5.41) is 15.2. The fourth-order valence-corrected chi connectivity index (χ4v) is 4.01. The second kappa shape index (κ2) is 7.76. The quantitative estimate of drug-likeness (QED) is 0.188. The van der Waals surface area contributed by atoms with Crippen LogP contribution in [0.5, 0.6) is 5.75 Å². The first-order chi connectivity index (χ1) is 14.3. The molecule has 2 heterocycles. The third kappa shape index (κ3) is 3.84.